The van der Waals surface area contributed by atoms with E-state index in [1.807, 2.05) is 19.1 Å². The molecule has 0 radical (unpaired) electrons. The molecule has 0 aliphatic carbocycles. The Hall–Kier alpha value is -3.58. The zero-order chi connectivity index (χ0) is 22.2. The van der Waals surface area contributed by atoms with Crippen LogP contribution in [0.5, 0.6) is 5.75 Å². The lowest BCUT2D eigenvalue weighted by Crippen LogP contribution is -2.31. The van der Waals surface area contributed by atoms with Crippen LogP contribution in [0, 0.1) is 6.92 Å². The van der Waals surface area contributed by atoms with E-state index >= 15 is 0 Å². The summed E-state index contributed by atoms with van der Waals surface area (Å²) in [7, 11) is -2.62. The standard InChI is InChI=1S/C24H21NO5S/c1-16-8-12-18(13-9-16)25-21(17-10-14-19(30-2)15-11-17)23(22(26)24(25)27)31(28,29)20-6-4-3-5-7-20/h3-15,21,26H,1-2H3. The number of aliphatic hydroxyl groups excluding tert-OH is 1. The highest BCUT2D eigenvalue weighted by Gasteiger charge is 2.47. The van der Waals surface area contributed by atoms with Crippen LogP contribution in [0.25, 0.3) is 0 Å². The molecule has 1 unspecified atom stereocenters. The van der Waals surface area contributed by atoms with Crippen LogP contribution in [0.1, 0.15) is 17.2 Å². The number of nitrogens with zero attached hydrogens (tertiary/aromatic N) is 1. The van der Waals surface area contributed by atoms with Crippen molar-refractivity contribution < 1.29 is 23.1 Å². The highest BCUT2D eigenvalue weighted by Crippen LogP contribution is 2.45. The van der Waals surface area contributed by atoms with Crippen molar-refractivity contribution in [3.05, 3.63) is 101 Å². The second kappa shape index (κ2) is 7.92. The number of hydrogen-bond acceptors (Lipinski definition) is 5. The summed E-state index contributed by atoms with van der Waals surface area (Å²) < 4.78 is 32.2. The zero-order valence-corrected chi connectivity index (χ0v) is 17.8. The maximum absolute atomic E-state index is 13.5. The molecule has 3 aromatic carbocycles. The Kier molecular flexibility index (Phi) is 5.29. The van der Waals surface area contributed by atoms with Crippen molar-refractivity contribution in [3.63, 3.8) is 0 Å². The van der Waals surface area contributed by atoms with Gasteiger partial charge in [0, 0.05) is 5.69 Å². The van der Waals surface area contributed by atoms with Crippen molar-refractivity contribution in [2.75, 3.05) is 12.0 Å². The molecular weight excluding hydrogens is 414 g/mol. The number of aryl methyl sites for hydroxylation is 1. The molecule has 1 aliphatic rings. The Labute approximate surface area is 180 Å². The first kappa shape index (κ1) is 20.7. The van der Waals surface area contributed by atoms with Crippen LogP contribution in [-0.2, 0) is 14.6 Å². The van der Waals surface area contributed by atoms with Gasteiger partial charge in [0.25, 0.3) is 5.91 Å². The lowest BCUT2D eigenvalue weighted by molar-refractivity contribution is -0.117. The Balaban J connectivity index is 1.93. The molecule has 1 N–H and O–H groups in total. The van der Waals surface area contributed by atoms with Gasteiger partial charge in [0.05, 0.1) is 12.0 Å². The van der Waals surface area contributed by atoms with Gasteiger partial charge >= 0.3 is 0 Å². The molecule has 31 heavy (non-hydrogen) atoms. The van der Waals surface area contributed by atoms with Gasteiger partial charge in [-0.25, -0.2) is 8.42 Å². The SMILES string of the molecule is COc1ccc(C2C(S(=O)(=O)c3ccccc3)=C(O)C(=O)N2c2ccc(C)cc2)cc1. The molecule has 0 spiro atoms. The Morgan fingerprint density at radius 3 is 2.10 bits per heavy atom. The fraction of sp³-hybridized carbons (Fsp3) is 0.125. The number of ether oxygens (including phenoxy) is 1. The van der Waals surface area contributed by atoms with Crippen LogP contribution < -0.4 is 9.64 Å². The van der Waals surface area contributed by atoms with E-state index < -0.39 is 27.5 Å². The minimum absolute atomic E-state index is 0.00798. The van der Waals surface area contributed by atoms with Gasteiger partial charge in [0.1, 0.15) is 16.7 Å². The van der Waals surface area contributed by atoms with Crippen LogP contribution in [0.3, 0.4) is 0 Å². The zero-order valence-electron chi connectivity index (χ0n) is 17.0. The summed E-state index contributed by atoms with van der Waals surface area (Å²) in [6.07, 6.45) is 0. The Morgan fingerprint density at radius 2 is 1.52 bits per heavy atom. The summed E-state index contributed by atoms with van der Waals surface area (Å²) in [4.78, 5) is 14.1. The van der Waals surface area contributed by atoms with Crippen LogP contribution in [-0.4, -0.2) is 26.5 Å². The Morgan fingerprint density at radius 1 is 0.903 bits per heavy atom. The third-order valence-corrected chi connectivity index (χ3v) is 7.14. The van der Waals surface area contributed by atoms with Crippen molar-refractivity contribution in [1.82, 2.24) is 0 Å². The van der Waals surface area contributed by atoms with Crippen LogP contribution >= 0.6 is 0 Å². The molecule has 1 amide bonds. The highest BCUT2D eigenvalue weighted by molar-refractivity contribution is 7.95. The fourth-order valence-corrected chi connectivity index (χ4v) is 5.29. The highest BCUT2D eigenvalue weighted by atomic mass is 32.2. The van der Waals surface area contributed by atoms with Gasteiger partial charge in [-0.3, -0.25) is 9.69 Å². The maximum Gasteiger partial charge on any atom is 0.295 e. The van der Waals surface area contributed by atoms with E-state index in [-0.39, 0.29) is 9.80 Å². The van der Waals surface area contributed by atoms with Gasteiger partial charge in [0.2, 0.25) is 9.84 Å². The molecule has 7 heteroatoms. The molecule has 158 valence electrons. The summed E-state index contributed by atoms with van der Waals surface area (Å²) in [6, 6.07) is 20.6. The number of hydrogen-bond donors (Lipinski definition) is 1. The number of anilines is 1. The smallest absolute Gasteiger partial charge is 0.295 e. The van der Waals surface area contributed by atoms with Crippen molar-refractivity contribution in [2.24, 2.45) is 0 Å². The predicted molar refractivity (Wildman–Crippen MR) is 118 cm³/mol. The summed E-state index contributed by atoms with van der Waals surface area (Å²) in [6.45, 7) is 1.91. The molecule has 0 saturated carbocycles. The second-order valence-electron chi connectivity index (χ2n) is 7.22. The molecule has 1 atom stereocenters. The van der Waals surface area contributed by atoms with Crippen molar-refractivity contribution in [2.45, 2.75) is 17.9 Å². The first-order valence-electron chi connectivity index (χ1n) is 9.62. The summed E-state index contributed by atoms with van der Waals surface area (Å²) >= 11 is 0. The lowest BCUT2D eigenvalue weighted by atomic mass is 10.1. The van der Waals surface area contributed by atoms with Crippen LogP contribution in [0.2, 0.25) is 0 Å². The first-order chi connectivity index (χ1) is 14.8. The van der Waals surface area contributed by atoms with E-state index in [1.165, 1.54) is 24.1 Å². The van der Waals surface area contributed by atoms with Gasteiger partial charge < -0.3 is 9.84 Å². The molecule has 0 saturated heterocycles. The molecule has 0 aromatic heterocycles. The van der Waals surface area contributed by atoms with E-state index in [4.69, 9.17) is 4.74 Å². The van der Waals surface area contributed by atoms with Gasteiger partial charge in [-0.1, -0.05) is 48.0 Å². The van der Waals surface area contributed by atoms with E-state index in [2.05, 4.69) is 0 Å². The van der Waals surface area contributed by atoms with Crippen molar-refractivity contribution in [1.29, 1.82) is 0 Å². The molecule has 1 heterocycles. The summed E-state index contributed by atoms with van der Waals surface area (Å²) in [5, 5.41) is 10.8. The van der Waals surface area contributed by atoms with Crippen molar-refractivity contribution in [3.8, 4) is 5.75 Å². The number of amides is 1. The monoisotopic (exact) mass is 435 g/mol. The van der Waals surface area contributed by atoms with Gasteiger partial charge in [-0.05, 0) is 48.9 Å². The van der Waals surface area contributed by atoms with E-state index in [0.29, 0.717) is 17.0 Å². The van der Waals surface area contributed by atoms with E-state index in [9.17, 15) is 18.3 Å². The minimum Gasteiger partial charge on any atom is -0.502 e. The molecular formula is C24H21NO5S. The third-order valence-electron chi connectivity index (χ3n) is 5.25. The lowest BCUT2D eigenvalue weighted by Gasteiger charge is -2.27. The average molecular weight is 436 g/mol. The number of sulfone groups is 1. The first-order valence-corrected chi connectivity index (χ1v) is 11.1. The number of carbonyl (C=O) groups is 1. The predicted octanol–water partition coefficient (Wildman–Crippen LogP) is 4.34. The molecule has 0 fully saturated rings. The topological polar surface area (TPSA) is 83.9 Å². The largest absolute Gasteiger partial charge is 0.502 e. The molecule has 1 aliphatic heterocycles. The van der Waals surface area contributed by atoms with Gasteiger partial charge in [-0.15, -0.1) is 0 Å². The molecule has 6 nitrogen and oxygen atoms in total. The number of aliphatic hydroxyl groups is 1. The second-order valence-corrected chi connectivity index (χ2v) is 9.13. The van der Waals surface area contributed by atoms with Gasteiger partial charge in [0.15, 0.2) is 5.76 Å². The summed E-state index contributed by atoms with van der Waals surface area (Å²) in [5.41, 5.74) is 2.01. The molecule has 4 rings (SSSR count). The minimum atomic E-state index is -4.15. The van der Waals surface area contributed by atoms with Crippen LogP contribution in [0.4, 0.5) is 5.69 Å². The number of benzene rings is 3. The number of carbonyl (C=O) groups excluding carboxylic acids is 1. The normalized spacial score (nSPS) is 16.6. The van der Waals surface area contributed by atoms with Crippen LogP contribution in [0.15, 0.2) is 94.4 Å². The van der Waals surface area contributed by atoms with Crippen molar-refractivity contribution >= 4 is 21.4 Å². The molecule has 0 bridgehead atoms. The quantitative estimate of drug-likeness (QED) is 0.645. The maximum atomic E-state index is 13.5. The van der Waals surface area contributed by atoms with E-state index in [0.717, 1.165) is 5.56 Å². The third kappa shape index (κ3) is 3.57. The number of rotatable bonds is 5. The average Bonchev–Trinajstić information content (AvgIpc) is 3.06. The molecule has 3 aromatic rings. The fourth-order valence-electron chi connectivity index (χ4n) is 3.64. The van der Waals surface area contributed by atoms with E-state index in [1.54, 1.807) is 54.6 Å². The summed E-state index contributed by atoms with van der Waals surface area (Å²) in [5.74, 6) is -0.944. The number of methoxy groups -OCH3 is 1. The Bertz CT molecular complexity index is 1250. The van der Waals surface area contributed by atoms with Gasteiger partial charge in [-0.2, -0.15) is 0 Å².